The number of halogens is 2. The molecule has 1 unspecified atom stereocenters. The van der Waals surface area contributed by atoms with E-state index in [1.807, 2.05) is 5.48 Å². The summed E-state index contributed by atoms with van der Waals surface area (Å²) in [5, 5.41) is 9.27. The molecule has 0 bridgehead atoms. The molecule has 1 aromatic carbocycles. The van der Waals surface area contributed by atoms with Crippen molar-refractivity contribution in [2.24, 2.45) is 11.8 Å². The Hall–Kier alpha value is -2.05. The lowest BCUT2D eigenvalue weighted by Gasteiger charge is -2.42. The first-order chi connectivity index (χ1) is 16.7. The number of anilines is 2. The van der Waals surface area contributed by atoms with Gasteiger partial charge in [-0.1, -0.05) is 42.5 Å². The van der Waals surface area contributed by atoms with Gasteiger partial charge < -0.3 is 15.2 Å². The van der Waals surface area contributed by atoms with Crippen LogP contribution in [0, 0.1) is 11.8 Å². The van der Waals surface area contributed by atoms with Crippen LogP contribution in [0.4, 0.5) is 11.6 Å². The molecule has 1 amide bonds. The van der Waals surface area contributed by atoms with Gasteiger partial charge in [0.05, 0.1) is 20.6 Å². The third kappa shape index (κ3) is 5.86. The summed E-state index contributed by atoms with van der Waals surface area (Å²) < 4.78 is 30.6. The van der Waals surface area contributed by atoms with Crippen molar-refractivity contribution >= 4 is 50.8 Å². The van der Waals surface area contributed by atoms with Crippen molar-refractivity contribution in [1.82, 2.24) is 19.2 Å². The highest BCUT2D eigenvalue weighted by molar-refractivity contribution is 7.89. The fraction of sp³-hybridized carbons (Fsp3) is 0.545. The molecule has 0 radical (unpaired) electrons. The minimum atomic E-state index is -4.15. The Balaban J connectivity index is 1.56. The number of nitrogens with one attached hydrogen (secondary N) is 2. The topological polar surface area (TPSA) is 143 Å². The second-order valence-electron chi connectivity index (χ2n) is 9.20. The fourth-order valence-corrected chi connectivity index (χ4v) is 6.99. The first-order valence-electron chi connectivity index (χ1n) is 11.7. The summed E-state index contributed by atoms with van der Waals surface area (Å²) in [6.07, 6.45) is 8.87. The maximum absolute atomic E-state index is 13.6. The van der Waals surface area contributed by atoms with Gasteiger partial charge in [-0.05, 0) is 43.2 Å². The number of benzene rings is 1. The Morgan fingerprint density at radius 2 is 1.89 bits per heavy atom. The molecule has 1 aliphatic carbocycles. The minimum absolute atomic E-state index is 0.0113. The summed E-state index contributed by atoms with van der Waals surface area (Å²) in [5.74, 6) is 1.00. The smallest absolute Gasteiger partial charge is 0.241 e. The van der Waals surface area contributed by atoms with E-state index in [1.54, 1.807) is 15.7 Å². The monoisotopic (exact) mass is 544 g/mol. The van der Waals surface area contributed by atoms with Crippen molar-refractivity contribution in [3.8, 4) is 0 Å². The summed E-state index contributed by atoms with van der Waals surface area (Å²) in [5.41, 5.74) is 7.82. The number of rotatable bonds is 8. The summed E-state index contributed by atoms with van der Waals surface area (Å²) in [7, 11) is -4.15. The third-order valence-corrected chi connectivity index (χ3v) is 9.11. The number of sulfonamides is 1. The number of nitrogens with zero attached hydrogens (tertiary/aromatic N) is 3. The van der Waals surface area contributed by atoms with Crippen LogP contribution in [0.5, 0.6) is 0 Å². The van der Waals surface area contributed by atoms with Crippen LogP contribution in [0.2, 0.25) is 10.0 Å². The first-order valence-corrected chi connectivity index (χ1v) is 13.9. The van der Waals surface area contributed by atoms with Crippen LogP contribution in [0.15, 0.2) is 29.4 Å². The lowest BCUT2D eigenvalue weighted by Crippen LogP contribution is -2.53. The SMILES string of the molecule is Nc1c(Cl)cc(S(=O)(=O)NC(CCn2ccnc2NO)C(=O)N2CC[C@@H]3CCCC[C@H]3C2)cc1Cl. The van der Waals surface area contributed by atoms with Crippen LogP contribution >= 0.6 is 23.2 Å². The number of carbonyl (C=O) groups is 1. The van der Waals surface area contributed by atoms with E-state index >= 15 is 0 Å². The molecule has 10 nitrogen and oxygen atoms in total. The Bertz CT molecular complexity index is 1150. The molecule has 13 heteroatoms. The second kappa shape index (κ2) is 10.9. The van der Waals surface area contributed by atoms with Crippen LogP contribution in [0.3, 0.4) is 0 Å². The molecule has 2 heterocycles. The lowest BCUT2D eigenvalue weighted by molar-refractivity contribution is -0.136. The van der Waals surface area contributed by atoms with Crippen molar-refractivity contribution in [3.63, 3.8) is 0 Å². The van der Waals surface area contributed by atoms with Crippen molar-refractivity contribution in [3.05, 3.63) is 34.6 Å². The van der Waals surface area contributed by atoms with Gasteiger partial charge in [0.2, 0.25) is 21.9 Å². The molecule has 35 heavy (non-hydrogen) atoms. The van der Waals surface area contributed by atoms with Crippen LogP contribution in [-0.2, 0) is 21.4 Å². The maximum Gasteiger partial charge on any atom is 0.241 e. The number of aryl methyl sites for hydroxylation is 1. The normalized spacial score (nSPS) is 21.4. The van der Waals surface area contributed by atoms with Crippen LogP contribution in [0.25, 0.3) is 0 Å². The molecule has 192 valence electrons. The van der Waals surface area contributed by atoms with Crippen LogP contribution in [-0.4, -0.2) is 53.1 Å². The van der Waals surface area contributed by atoms with E-state index in [-0.39, 0.29) is 45.4 Å². The van der Waals surface area contributed by atoms with Gasteiger partial charge >= 0.3 is 0 Å². The average Bonchev–Trinajstić information content (AvgIpc) is 3.31. The van der Waals surface area contributed by atoms with Gasteiger partial charge in [-0.25, -0.2) is 18.9 Å². The first kappa shape index (κ1) is 26.0. The molecule has 0 spiro atoms. The number of imidazole rings is 1. The van der Waals surface area contributed by atoms with Crippen LogP contribution in [0.1, 0.15) is 38.5 Å². The number of hydrogen-bond acceptors (Lipinski definition) is 7. The molecule has 2 aromatic rings. The van der Waals surface area contributed by atoms with Gasteiger partial charge in [0.15, 0.2) is 0 Å². The van der Waals surface area contributed by atoms with E-state index in [1.165, 1.54) is 31.2 Å². The number of nitrogen functional groups attached to an aromatic ring is 1. The largest absolute Gasteiger partial charge is 0.396 e. The Morgan fingerprint density at radius 3 is 2.57 bits per heavy atom. The van der Waals surface area contributed by atoms with Crippen molar-refractivity contribution < 1.29 is 18.4 Å². The standard InChI is InChI=1S/C22H30Cl2N6O4S/c23-17-11-16(12-18(24)20(17)25)35(33,34)28-19(6-9-29-10-7-26-22(29)27-32)21(31)30-8-5-14-3-1-2-4-15(14)13-30/h7,10-12,14-15,19,28,32H,1-6,8-9,13,25H2,(H,26,27)/t14-,15-,19?/m0/s1. The number of hydrogen-bond donors (Lipinski definition) is 4. The molecule has 5 N–H and O–H groups in total. The Kier molecular flexibility index (Phi) is 8.12. The van der Waals surface area contributed by atoms with Gasteiger partial charge in [-0.15, -0.1) is 0 Å². The van der Waals surface area contributed by atoms with Crippen LogP contribution < -0.4 is 15.9 Å². The Labute approximate surface area is 214 Å². The number of likely N-dealkylation sites (tertiary alicyclic amines) is 1. The van der Waals surface area contributed by atoms with E-state index in [9.17, 15) is 18.4 Å². The predicted octanol–water partition coefficient (Wildman–Crippen LogP) is 3.35. The highest BCUT2D eigenvalue weighted by Crippen LogP contribution is 2.36. The summed E-state index contributed by atoms with van der Waals surface area (Å²) >= 11 is 12.1. The zero-order chi connectivity index (χ0) is 25.2. The summed E-state index contributed by atoms with van der Waals surface area (Å²) in [4.78, 5) is 19.2. The Morgan fingerprint density at radius 1 is 1.20 bits per heavy atom. The van der Waals surface area contributed by atoms with E-state index in [0.717, 1.165) is 19.3 Å². The molecule has 2 fully saturated rings. The number of amides is 1. The third-order valence-electron chi connectivity index (χ3n) is 7.04. The predicted molar refractivity (Wildman–Crippen MR) is 134 cm³/mol. The molecule has 1 aliphatic heterocycles. The average molecular weight is 545 g/mol. The lowest BCUT2D eigenvalue weighted by atomic mass is 9.75. The number of nitrogens with two attached hydrogens (primary N) is 1. The number of fused-ring (bicyclic) bond motifs is 1. The van der Waals surface area contributed by atoms with Crippen molar-refractivity contribution in [2.75, 3.05) is 24.3 Å². The van der Waals surface area contributed by atoms with Crippen molar-refractivity contribution in [2.45, 2.75) is 56.0 Å². The molecular weight excluding hydrogens is 515 g/mol. The molecule has 2 aliphatic rings. The summed E-state index contributed by atoms with van der Waals surface area (Å²) in [6.45, 7) is 1.48. The number of carbonyl (C=O) groups excluding carboxylic acids is 1. The highest BCUT2D eigenvalue weighted by atomic mass is 35.5. The number of aromatic nitrogens is 2. The quantitative estimate of drug-likeness (QED) is 0.294. The van der Waals surface area contributed by atoms with E-state index < -0.39 is 16.1 Å². The molecule has 1 saturated heterocycles. The molecule has 4 rings (SSSR count). The van der Waals surface area contributed by atoms with E-state index in [0.29, 0.717) is 24.9 Å². The molecule has 3 atom stereocenters. The van der Waals surface area contributed by atoms with E-state index in [4.69, 9.17) is 28.9 Å². The molecule has 1 saturated carbocycles. The maximum atomic E-state index is 13.6. The minimum Gasteiger partial charge on any atom is -0.396 e. The molecule has 1 aromatic heterocycles. The zero-order valence-electron chi connectivity index (χ0n) is 19.2. The second-order valence-corrected chi connectivity index (χ2v) is 11.7. The fourth-order valence-electron chi connectivity index (χ4n) is 5.10. The van der Waals surface area contributed by atoms with Gasteiger partial charge in [0.25, 0.3) is 0 Å². The van der Waals surface area contributed by atoms with Gasteiger partial charge in [-0.3, -0.25) is 10.0 Å². The highest BCUT2D eigenvalue weighted by Gasteiger charge is 2.36. The van der Waals surface area contributed by atoms with E-state index in [2.05, 4.69) is 9.71 Å². The molecular formula is C22H30Cl2N6O4S. The van der Waals surface area contributed by atoms with Gasteiger partial charge in [0, 0.05) is 32.0 Å². The number of piperidine rings is 1. The summed E-state index contributed by atoms with van der Waals surface area (Å²) in [6, 6.07) is 1.39. The van der Waals surface area contributed by atoms with Gasteiger partial charge in [0.1, 0.15) is 6.04 Å². The van der Waals surface area contributed by atoms with Gasteiger partial charge in [-0.2, -0.15) is 4.72 Å². The zero-order valence-corrected chi connectivity index (χ0v) is 21.5. The van der Waals surface area contributed by atoms with Crippen molar-refractivity contribution in [1.29, 1.82) is 0 Å².